The molecule has 0 aliphatic carbocycles. The van der Waals surface area contributed by atoms with Crippen LogP contribution in [0.25, 0.3) is 11.5 Å². The smallest absolute Gasteiger partial charge is 0.387 e. The van der Waals surface area contributed by atoms with Crippen molar-refractivity contribution in [3.05, 3.63) is 24.3 Å². The lowest BCUT2D eigenvalue weighted by atomic mass is 10.2. The maximum Gasteiger partial charge on any atom is 0.387 e. The molecule has 0 unspecified atom stereocenters. The predicted molar refractivity (Wildman–Crippen MR) is 50.8 cm³/mol. The lowest BCUT2D eigenvalue weighted by Gasteiger charge is -2.04. The van der Waals surface area contributed by atoms with Gasteiger partial charge in [-0.15, -0.1) is 0 Å². The number of benzene rings is 1. The fourth-order valence-corrected chi connectivity index (χ4v) is 1.16. The molecule has 2 rings (SSSR count). The highest BCUT2D eigenvalue weighted by molar-refractivity contribution is 5.56. The molecule has 7 heteroatoms. The van der Waals surface area contributed by atoms with E-state index < -0.39 is 6.61 Å². The van der Waals surface area contributed by atoms with Crippen molar-refractivity contribution in [3.63, 3.8) is 0 Å². The molecule has 0 saturated carbocycles. The number of nitrogens with zero attached hydrogens (tertiary/aromatic N) is 2. The number of nitrogen functional groups attached to an aromatic ring is 1. The highest BCUT2D eigenvalue weighted by atomic mass is 19.3. The third-order valence-electron chi connectivity index (χ3n) is 1.75. The zero-order valence-corrected chi connectivity index (χ0v) is 7.93. The Hall–Kier alpha value is -2.18. The Balaban J connectivity index is 2.28. The second kappa shape index (κ2) is 4.13. The van der Waals surface area contributed by atoms with Crippen LogP contribution in [0.4, 0.5) is 14.7 Å². The number of ether oxygens (including phenoxy) is 1. The SMILES string of the molecule is Nc1noc(-c2cccc(OC(F)F)c2)n1. The van der Waals surface area contributed by atoms with E-state index in [0.29, 0.717) is 5.56 Å². The average molecular weight is 227 g/mol. The van der Waals surface area contributed by atoms with Gasteiger partial charge in [-0.05, 0) is 23.4 Å². The summed E-state index contributed by atoms with van der Waals surface area (Å²) in [5.41, 5.74) is 5.73. The first kappa shape index (κ1) is 10.3. The van der Waals surface area contributed by atoms with Gasteiger partial charge in [-0.2, -0.15) is 13.8 Å². The summed E-state index contributed by atoms with van der Waals surface area (Å²) >= 11 is 0. The van der Waals surface area contributed by atoms with E-state index in [1.807, 2.05) is 0 Å². The molecule has 0 amide bonds. The van der Waals surface area contributed by atoms with E-state index in [0.717, 1.165) is 0 Å². The van der Waals surface area contributed by atoms with Crippen LogP contribution in [0.2, 0.25) is 0 Å². The molecular formula is C9H7F2N3O2. The molecule has 0 fully saturated rings. The predicted octanol–water partition coefficient (Wildman–Crippen LogP) is 1.92. The number of alkyl halides is 2. The highest BCUT2D eigenvalue weighted by Gasteiger charge is 2.09. The van der Waals surface area contributed by atoms with Crippen LogP contribution in [0, 0.1) is 0 Å². The molecule has 0 saturated heterocycles. The lowest BCUT2D eigenvalue weighted by Crippen LogP contribution is -2.01. The summed E-state index contributed by atoms with van der Waals surface area (Å²) in [6, 6.07) is 5.91. The summed E-state index contributed by atoms with van der Waals surface area (Å²) in [7, 11) is 0. The molecule has 0 radical (unpaired) electrons. The van der Waals surface area contributed by atoms with Crippen LogP contribution in [-0.2, 0) is 0 Å². The molecule has 0 atom stereocenters. The van der Waals surface area contributed by atoms with Crippen LogP contribution in [0.5, 0.6) is 5.75 Å². The number of halogens is 2. The Morgan fingerprint density at radius 1 is 1.38 bits per heavy atom. The van der Waals surface area contributed by atoms with Crippen LogP contribution in [0.3, 0.4) is 0 Å². The Kier molecular flexibility index (Phi) is 2.67. The van der Waals surface area contributed by atoms with Gasteiger partial charge in [-0.25, -0.2) is 0 Å². The summed E-state index contributed by atoms with van der Waals surface area (Å²) in [4.78, 5) is 3.76. The summed E-state index contributed by atoms with van der Waals surface area (Å²) in [5, 5.41) is 3.39. The molecule has 0 aliphatic rings. The summed E-state index contributed by atoms with van der Waals surface area (Å²) < 4.78 is 32.9. The van der Waals surface area contributed by atoms with E-state index in [9.17, 15) is 8.78 Å². The molecule has 16 heavy (non-hydrogen) atoms. The molecule has 0 spiro atoms. The Morgan fingerprint density at radius 2 is 2.19 bits per heavy atom. The van der Waals surface area contributed by atoms with Crippen LogP contribution < -0.4 is 10.5 Å². The minimum absolute atomic E-state index is 0.0178. The van der Waals surface area contributed by atoms with E-state index in [1.54, 1.807) is 6.07 Å². The summed E-state index contributed by atoms with van der Waals surface area (Å²) in [5.74, 6) is 0.150. The van der Waals surface area contributed by atoms with Gasteiger partial charge < -0.3 is 15.0 Å². The average Bonchev–Trinajstić information content (AvgIpc) is 2.64. The van der Waals surface area contributed by atoms with Crippen molar-refractivity contribution in [2.75, 3.05) is 5.73 Å². The first-order valence-corrected chi connectivity index (χ1v) is 4.29. The summed E-state index contributed by atoms with van der Waals surface area (Å²) in [6.45, 7) is -2.87. The maximum atomic E-state index is 12.0. The third kappa shape index (κ3) is 2.25. The topological polar surface area (TPSA) is 74.2 Å². The molecule has 2 N–H and O–H groups in total. The molecule has 2 aromatic rings. The van der Waals surface area contributed by atoms with E-state index in [2.05, 4.69) is 14.9 Å². The molecule has 0 aliphatic heterocycles. The largest absolute Gasteiger partial charge is 0.435 e. The molecule has 0 bridgehead atoms. The fraction of sp³-hybridized carbons (Fsp3) is 0.111. The number of hydrogen-bond acceptors (Lipinski definition) is 5. The van der Waals surface area contributed by atoms with Gasteiger partial charge in [-0.1, -0.05) is 6.07 Å². The fourth-order valence-electron chi connectivity index (χ4n) is 1.16. The van der Waals surface area contributed by atoms with Crippen LogP contribution in [-0.4, -0.2) is 16.8 Å². The highest BCUT2D eigenvalue weighted by Crippen LogP contribution is 2.23. The van der Waals surface area contributed by atoms with Gasteiger partial charge in [0.05, 0.1) is 0 Å². The monoisotopic (exact) mass is 227 g/mol. The first-order valence-electron chi connectivity index (χ1n) is 4.29. The molecule has 1 heterocycles. The van der Waals surface area contributed by atoms with Gasteiger partial charge >= 0.3 is 6.61 Å². The Labute approximate surface area is 88.8 Å². The van der Waals surface area contributed by atoms with Crippen LogP contribution >= 0.6 is 0 Å². The minimum atomic E-state index is -2.87. The number of nitrogens with two attached hydrogens (primary N) is 1. The van der Waals surface area contributed by atoms with Gasteiger partial charge in [-0.3, -0.25) is 0 Å². The maximum absolute atomic E-state index is 12.0. The zero-order chi connectivity index (χ0) is 11.5. The van der Waals surface area contributed by atoms with E-state index >= 15 is 0 Å². The van der Waals surface area contributed by atoms with Gasteiger partial charge in [0, 0.05) is 5.56 Å². The number of rotatable bonds is 3. The van der Waals surface area contributed by atoms with Crippen molar-refractivity contribution in [2.45, 2.75) is 6.61 Å². The minimum Gasteiger partial charge on any atom is -0.435 e. The van der Waals surface area contributed by atoms with Crippen LogP contribution in [0.15, 0.2) is 28.8 Å². The van der Waals surface area contributed by atoms with Crippen molar-refractivity contribution >= 4 is 5.95 Å². The van der Waals surface area contributed by atoms with E-state index in [1.165, 1.54) is 18.2 Å². The van der Waals surface area contributed by atoms with Crippen molar-refractivity contribution in [1.29, 1.82) is 0 Å². The van der Waals surface area contributed by atoms with Gasteiger partial charge in [0.2, 0.25) is 0 Å². The number of aromatic nitrogens is 2. The molecular weight excluding hydrogens is 220 g/mol. The van der Waals surface area contributed by atoms with Gasteiger partial charge in [0.15, 0.2) is 0 Å². The van der Waals surface area contributed by atoms with E-state index in [4.69, 9.17) is 10.3 Å². The third-order valence-corrected chi connectivity index (χ3v) is 1.75. The van der Waals surface area contributed by atoms with Gasteiger partial charge in [0.1, 0.15) is 5.75 Å². The molecule has 84 valence electrons. The summed E-state index contributed by atoms with van der Waals surface area (Å²) in [6.07, 6.45) is 0. The lowest BCUT2D eigenvalue weighted by molar-refractivity contribution is -0.0498. The Morgan fingerprint density at radius 3 is 2.81 bits per heavy atom. The molecule has 1 aromatic carbocycles. The van der Waals surface area contributed by atoms with Crippen molar-refractivity contribution < 1.29 is 18.0 Å². The second-order valence-electron chi connectivity index (χ2n) is 2.86. The van der Waals surface area contributed by atoms with Gasteiger partial charge in [0.25, 0.3) is 11.8 Å². The standard InChI is InChI=1S/C9H7F2N3O2/c10-8(11)15-6-3-1-2-5(4-6)7-13-9(12)14-16-7/h1-4,8H,(H2,12,14). The number of anilines is 1. The zero-order valence-electron chi connectivity index (χ0n) is 7.93. The normalized spacial score (nSPS) is 10.7. The molecule has 1 aromatic heterocycles. The quantitative estimate of drug-likeness (QED) is 0.866. The second-order valence-corrected chi connectivity index (χ2v) is 2.86. The Bertz CT molecular complexity index is 487. The van der Waals surface area contributed by atoms with Crippen LogP contribution in [0.1, 0.15) is 0 Å². The van der Waals surface area contributed by atoms with E-state index in [-0.39, 0.29) is 17.6 Å². The molecule has 5 nitrogen and oxygen atoms in total. The number of hydrogen-bond donors (Lipinski definition) is 1. The van der Waals surface area contributed by atoms with Crippen molar-refractivity contribution in [2.24, 2.45) is 0 Å². The van der Waals surface area contributed by atoms with Crippen molar-refractivity contribution in [3.8, 4) is 17.2 Å². The van der Waals surface area contributed by atoms with Crippen molar-refractivity contribution in [1.82, 2.24) is 10.1 Å². The first-order chi connectivity index (χ1) is 7.65.